The summed E-state index contributed by atoms with van der Waals surface area (Å²) >= 11 is 0. The first-order chi connectivity index (χ1) is 6.77. The summed E-state index contributed by atoms with van der Waals surface area (Å²) in [5, 5.41) is 3.97. The number of nitrogens with zero attached hydrogens (tertiary/aromatic N) is 4. The second-order valence-corrected chi connectivity index (χ2v) is 3.08. The maximum absolute atomic E-state index is 5.71. The van der Waals surface area contributed by atoms with Gasteiger partial charge in [0.1, 0.15) is 12.7 Å². The summed E-state index contributed by atoms with van der Waals surface area (Å²) in [6, 6.07) is 3.81. The molecule has 0 aliphatic carbocycles. The maximum atomic E-state index is 5.71. The molecule has 0 aliphatic heterocycles. The van der Waals surface area contributed by atoms with Crippen molar-refractivity contribution >= 4 is 0 Å². The molecule has 2 rings (SSSR count). The Morgan fingerprint density at radius 2 is 2.29 bits per heavy atom. The molecule has 0 radical (unpaired) electrons. The summed E-state index contributed by atoms with van der Waals surface area (Å²) in [5.41, 5.74) is 6.72. The van der Waals surface area contributed by atoms with Gasteiger partial charge in [-0.15, -0.1) is 0 Å². The van der Waals surface area contributed by atoms with Gasteiger partial charge in [0.25, 0.3) is 0 Å². The molecular formula is C9H11N5. The van der Waals surface area contributed by atoms with E-state index in [0.717, 1.165) is 11.4 Å². The van der Waals surface area contributed by atoms with Gasteiger partial charge in [-0.2, -0.15) is 5.10 Å². The van der Waals surface area contributed by atoms with Crippen LogP contribution in [0.4, 0.5) is 0 Å². The van der Waals surface area contributed by atoms with E-state index < -0.39 is 0 Å². The molecule has 0 aromatic carbocycles. The number of hydrogen-bond acceptors (Lipinski definition) is 4. The zero-order valence-electron chi connectivity index (χ0n) is 7.83. The third-order valence-corrected chi connectivity index (χ3v) is 1.95. The Bertz CT molecular complexity index is 390. The van der Waals surface area contributed by atoms with Crippen LogP contribution in [0.3, 0.4) is 0 Å². The molecule has 72 valence electrons. The smallest absolute Gasteiger partial charge is 0.155 e. The zero-order chi connectivity index (χ0) is 9.97. The molecule has 0 spiro atoms. The predicted octanol–water partition coefficient (Wildman–Crippen LogP) is 0.682. The molecule has 2 N–H and O–H groups in total. The van der Waals surface area contributed by atoms with Crippen LogP contribution in [0.5, 0.6) is 0 Å². The molecule has 14 heavy (non-hydrogen) atoms. The van der Waals surface area contributed by atoms with Crippen LogP contribution in [0.25, 0.3) is 5.82 Å². The van der Waals surface area contributed by atoms with Crippen LogP contribution in [0, 0.1) is 0 Å². The number of nitrogens with two attached hydrogens (primary N) is 1. The fourth-order valence-corrected chi connectivity index (χ4v) is 1.13. The van der Waals surface area contributed by atoms with Crippen LogP contribution >= 0.6 is 0 Å². The lowest BCUT2D eigenvalue weighted by Gasteiger charge is -2.05. The molecule has 0 amide bonds. The van der Waals surface area contributed by atoms with E-state index in [-0.39, 0.29) is 6.04 Å². The lowest BCUT2D eigenvalue weighted by molar-refractivity contribution is 0.796. The Morgan fingerprint density at radius 3 is 2.79 bits per heavy atom. The molecule has 2 aromatic heterocycles. The lowest BCUT2D eigenvalue weighted by atomic mass is 10.2. The maximum Gasteiger partial charge on any atom is 0.155 e. The van der Waals surface area contributed by atoms with E-state index >= 15 is 0 Å². The first-order valence-corrected chi connectivity index (χ1v) is 4.34. The summed E-state index contributed by atoms with van der Waals surface area (Å²) in [5.74, 6) is 0.743. The van der Waals surface area contributed by atoms with E-state index in [1.807, 2.05) is 19.1 Å². The largest absolute Gasteiger partial charge is 0.324 e. The lowest BCUT2D eigenvalue weighted by Crippen LogP contribution is -2.06. The van der Waals surface area contributed by atoms with Gasteiger partial charge >= 0.3 is 0 Å². The molecular weight excluding hydrogens is 178 g/mol. The van der Waals surface area contributed by atoms with Gasteiger partial charge in [0.15, 0.2) is 5.82 Å². The summed E-state index contributed by atoms with van der Waals surface area (Å²) in [6.45, 7) is 1.92. The van der Waals surface area contributed by atoms with Crippen molar-refractivity contribution in [3.05, 3.63) is 36.5 Å². The minimum Gasteiger partial charge on any atom is -0.324 e. The van der Waals surface area contributed by atoms with Gasteiger partial charge in [0.2, 0.25) is 0 Å². The quantitative estimate of drug-likeness (QED) is 0.754. The van der Waals surface area contributed by atoms with Crippen molar-refractivity contribution in [3.63, 3.8) is 0 Å². The molecule has 0 aliphatic rings. The highest BCUT2D eigenvalue weighted by Crippen LogP contribution is 2.09. The van der Waals surface area contributed by atoms with Gasteiger partial charge in [-0.25, -0.2) is 14.6 Å². The number of pyridine rings is 1. The van der Waals surface area contributed by atoms with Gasteiger partial charge in [-0.05, 0) is 18.6 Å². The van der Waals surface area contributed by atoms with E-state index in [2.05, 4.69) is 15.1 Å². The van der Waals surface area contributed by atoms with Crippen LogP contribution in [-0.2, 0) is 0 Å². The minimum atomic E-state index is 0.00676. The molecule has 0 fully saturated rings. The Hall–Kier alpha value is -1.75. The second kappa shape index (κ2) is 3.55. The van der Waals surface area contributed by atoms with Gasteiger partial charge in [0.05, 0.1) is 0 Å². The molecule has 2 heterocycles. The zero-order valence-corrected chi connectivity index (χ0v) is 7.83. The van der Waals surface area contributed by atoms with Crippen molar-refractivity contribution in [2.24, 2.45) is 5.73 Å². The number of hydrogen-bond donors (Lipinski definition) is 1. The van der Waals surface area contributed by atoms with Crippen LogP contribution in [0.1, 0.15) is 18.5 Å². The molecule has 0 bridgehead atoms. The molecule has 0 unspecified atom stereocenters. The Labute approximate surface area is 81.6 Å². The third kappa shape index (κ3) is 1.62. The van der Waals surface area contributed by atoms with Crippen LogP contribution in [0.2, 0.25) is 0 Å². The molecule has 0 saturated heterocycles. The Kier molecular flexibility index (Phi) is 2.24. The van der Waals surface area contributed by atoms with E-state index in [9.17, 15) is 0 Å². The molecule has 5 nitrogen and oxygen atoms in total. The van der Waals surface area contributed by atoms with Crippen molar-refractivity contribution in [1.29, 1.82) is 0 Å². The summed E-state index contributed by atoms with van der Waals surface area (Å²) < 4.78 is 1.60. The highest BCUT2D eigenvalue weighted by atomic mass is 15.3. The average Bonchev–Trinajstić information content (AvgIpc) is 2.71. The van der Waals surface area contributed by atoms with Crippen LogP contribution < -0.4 is 5.73 Å². The topological polar surface area (TPSA) is 69.6 Å². The normalized spacial score (nSPS) is 12.7. The third-order valence-electron chi connectivity index (χ3n) is 1.95. The number of rotatable bonds is 2. The SMILES string of the molecule is C[C@H](N)c1ccc(-n2cncn2)nc1. The molecule has 2 aromatic rings. The summed E-state index contributed by atoms with van der Waals surface area (Å²) in [6.07, 6.45) is 4.83. The first-order valence-electron chi connectivity index (χ1n) is 4.34. The standard InChI is InChI=1S/C9H11N5/c1-7(10)8-2-3-9(12-4-8)14-6-11-5-13-14/h2-7H,10H2,1H3/t7-/m0/s1. The van der Waals surface area contributed by atoms with Gasteiger partial charge in [-0.1, -0.05) is 6.07 Å². The highest BCUT2D eigenvalue weighted by molar-refractivity contribution is 5.25. The summed E-state index contributed by atoms with van der Waals surface area (Å²) in [4.78, 5) is 8.07. The first kappa shape index (κ1) is 8.83. The van der Waals surface area contributed by atoms with E-state index in [1.165, 1.54) is 6.33 Å². The van der Waals surface area contributed by atoms with Crippen LogP contribution in [0.15, 0.2) is 31.0 Å². The Balaban J connectivity index is 2.31. The van der Waals surface area contributed by atoms with Crippen molar-refractivity contribution in [2.45, 2.75) is 13.0 Å². The monoisotopic (exact) mass is 189 g/mol. The fraction of sp³-hybridized carbons (Fsp3) is 0.222. The fourth-order valence-electron chi connectivity index (χ4n) is 1.13. The van der Waals surface area contributed by atoms with Crippen molar-refractivity contribution in [3.8, 4) is 5.82 Å². The minimum absolute atomic E-state index is 0.00676. The van der Waals surface area contributed by atoms with Crippen molar-refractivity contribution < 1.29 is 0 Å². The number of aromatic nitrogens is 4. The second-order valence-electron chi connectivity index (χ2n) is 3.08. The molecule has 5 heteroatoms. The van der Waals surface area contributed by atoms with Gasteiger partial charge < -0.3 is 5.73 Å². The molecule has 1 atom stereocenters. The average molecular weight is 189 g/mol. The van der Waals surface area contributed by atoms with E-state index in [1.54, 1.807) is 17.2 Å². The molecule has 0 saturated carbocycles. The van der Waals surface area contributed by atoms with E-state index in [0.29, 0.717) is 0 Å². The predicted molar refractivity (Wildman–Crippen MR) is 51.8 cm³/mol. The van der Waals surface area contributed by atoms with Gasteiger partial charge in [0, 0.05) is 12.2 Å². The Morgan fingerprint density at radius 1 is 1.43 bits per heavy atom. The highest BCUT2D eigenvalue weighted by Gasteiger charge is 2.01. The van der Waals surface area contributed by atoms with Crippen LogP contribution in [-0.4, -0.2) is 19.7 Å². The summed E-state index contributed by atoms with van der Waals surface area (Å²) in [7, 11) is 0. The van der Waals surface area contributed by atoms with Crippen molar-refractivity contribution in [2.75, 3.05) is 0 Å². The van der Waals surface area contributed by atoms with Gasteiger partial charge in [-0.3, -0.25) is 0 Å². The van der Waals surface area contributed by atoms with Crippen molar-refractivity contribution in [1.82, 2.24) is 19.7 Å². The van der Waals surface area contributed by atoms with E-state index in [4.69, 9.17) is 5.73 Å².